The highest BCUT2D eigenvalue weighted by Crippen LogP contribution is 2.38. The Hall–Kier alpha value is -1.35. The van der Waals surface area contributed by atoms with Gasteiger partial charge in [-0.15, -0.1) is 11.3 Å². The number of carbonyl (C=O) groups is 1. The van der Waals surface area contributed by atoms with Gasteiger partial charge >= 0.3 is 13.2 Å². The monoisotopic (exact) mass is 380 g/mol. The molecule has 0 aromatic carbocycles. The highest BCUT2D eigenvalue weighted by atomic mass is 32.1. The van der Waals surface area contributed by atoms with E-state index in [1.807, 2.05) is 66.0 Å². The van der Waals surface area contributed by atoms with E-state index in [0.717, 1.165) is 11.0 Å². The molecule has 1 fully saturated rings. The fourth-order valence-corrected chi connectivity index (χ4v) is 3.07. The molecule has 1 amide bonds. The number of anilines is 1. The molecular formula is C18H29BN2O4S. The predicted octanol–water partition coefficient (Wildman–Crippen LogP) is 4.07. The second kappa shape index (κ2) is 7.35. The maximum atomic E-state index is 11.9. The zero-order chi connectivity index (χ0) is 19.8. The quantitative estimate of drug-likeness (QED) is 0.770. The third-order valence-corrected chi connectivity index (χ3v) is 5.25. The minimum Gasteiger partial charge on any atom is -0.444 e. The third-order valence-electron chi connectivity index (χ3n) is 4.39. The summed E-state index contributed by atoms with van der Waals surface area (Å²) in [4.78, 5) is 11.9. The van der Waals surface area contributed by atoms with Crippen LogP contribution in [0.1, 0.15) is 54.0 Å². The first-order chi connectivity index (χ1) is 11.8. The van der Waals surface area contributed by atoms with Gasteiger partial charge in [-0.1, -0.05) is 6.08 Å². The Balaban J connectivity index is 2.09. The first kappa shape index (κ1) is 21.0. The first-order valence-corrected chi connectivity index (χ1v) is 9.56. The van der Waals surface area contributed by atoms with Crippen molar-refractivity contribution in [3.8, 4) is 0 Å². The van der Waals surface area contributed by atoms with Crippen LogP contribution < -0.4 is 11.1 Å². The van der Waals surface area contributed by atoms with E-state index in [-0.39, 0.29) is 0 Å². The number of nitrogens with two attached hydrogens (primary N) is 1. The average molecular weight is 380 g/mol. The fourth-order valence-electron chi connectivity index (χ4n) is 2.33. The summed E-state index contributed by atoms with van der Waals surface area (Å²) in [6.07, 6.45) is 1.47. The molecule has 0 atom stereocenters. The summed E-state index contributed by atoms with van der Waals surface area (Å²) in [7, 11) is -0.479. The van der Waals surface area contributed by atoms with Crippen LogP contribution in [-0.4, -0.2) is 36.6 Å². The Morgan fingerprint density at radius 2 is 1.88 bits per heavy atom. The Bertz CT molecular complexity index is 676. The van der Waals surface area contributed by atoms with E-state index >= 15 is 0 Å². The molecule has 0 radical (unpaired) electrons. The molecule has 1 aliphatic heterocycles. The van der Waals surface area contributed by atoms with Crippen LogP contribution in [0.25, 0.3) is 6.08 Å². The lowest BCUT2D eigenvalue weighted by atomic mass is 9.77. The molecule has 0 bridgehead atoms. The van der Waals surface area contributed by atoms with Crippen molar-refractivity contribution in [3.63, 3.8) is 0 Å². The van der Waals surface area contributed by atoms with Crippen molar-refractivity contribution in [2.75, 3.05) is 11.9 Å². The summed E-state index contributed by atoms with van der Waals surface area (Å²) >= 11 is 1.42. The van der Waals surface area contributed by atoms with Gasteiger partial charge in [0.2, 0.25) is 0 Å². The van der Waals surface area contributed by atoms with Gasteiger partial charge in [0.1, 0.15) is 5.60 Å². The molecule has 6 nitrogen and oxygen atoms in total. The van der Waals surface area contributed by atoms with E-state index in [9.17, 15) is 4.79 Å². The molecular weight excluding hydrogens is 351 g/mol. The smallest absolute Gasteiger partial charge is 0.444 e. The molecule has 1 aliphatic rings. The maximum Gasteiger partial charge on any atom is 0.491 e. The van der Waals surface area contributed by atoms with E-state index < -0.39 is 30.0 Å². The number of rotatable bonds is 4. The van der Waals surface area contributed by atoms with Gasteiger partial charge < -0.3 is 19.8 Å². The average Bonchev–Trinajstić information content (AvgIpc) is 2.96. The third kappa shape index (κ3) is 5.10. The van der Waals surface area contributed by atoms with E-state index in [1.165, 1.54) is 11.3 Å². The van der Waals surface area contributed by atoms with Gasteiger partial charge in [0.15, 0.2) is 0 Å². The molecule has 8 heteroatoms. The number of carbonyl (C=O) groups excluding carboxylic acids is 1. The molecule has 2 rings (SSSR count). The van der Waals surface area contributed by atoms with Crippen LogP contribution in [0.3, 0.4) is 0 Å². The van der Waals surface area contributed by atoms with Crippen molar-refractivity contribution < 1.29 is 18.8 Å². The van der Waals surface area contributed by atoms with Crippen LogP contribution in [0.2, 0.25) is 0 Å². The van der Waals surface area contributed by atoms with Gasteiger partial charge in [0, 0.05) is 11.9 Å². The van der Waals surface area contributed by atoms with Gasteiger partial charge in [-0.05, 0) is 65.6 Å². The second-order valence-corrected chi connectivity index (χ2v) is 9.29. The van der Waals surface area contributed by atoms with Crippen molar-refractivity contribution in [1.82, 2.24) is 0 Å². The molecule has 26 heavy (non-hydrogen) atoms. The lowest BCUT2D eigenvalue weighted by Crippen LogP contribution is -2.41. The number of hydrogen-bond acceptors (Lipinski definition) is 6. The largest absolute Gasteiger partial charge is 0.491 e. The maximum absolute atomic E-state index is 11.9. The standard InChI is InChI=1S/C18H29BN2O4S/c1-16(2,3)23-15(22)21-14-9-12(11-26-14)8-13(10-20)19-24-17(4,5)18(6,7)25-19/h8-9,11H,10,20H2,1-7H3,(H,21,22). The van der Waals surface area contributed by atoms with Gasteiger partial charge in [0.25, 0.3) is 0 Å². The number of amides is 1. The lowest BCUT2D eigenvalue weighted by molar-refractivity contribution is 0.00578. The zero-order valence-electron chi connectivity index (χ0n) is 16.6. The molecule has 0 unspecified atom stereocenters. The SMILES string of the molecule is CC(C)(C)OC(=O)Nc1cc(C=C(CN)B2OC(C)(C)C(C)(C)O2)cs1. The minimum atomic E-state index is -0.534. The van der Waals surface area contributed by atoms with E-state index in [4.69, 9.17) is 19.8 Å². The van der Waals surface area contributed by atoms with Crippen molar-refractivity contribution in [3.05, 3.63) is 22.5 Å². The molecule has 1 aromatic heterocycles. The predicted molar refractivity (Wildman–Crippen MR) is 107 cm³/mol. The molecule has 2 heterocycles. The number of hydrogen-bond donors (Lipinski definition) is 2. The summed E-state index contributed by atoms with van der Waals surface area (Å²) in [5, 5.41) is 5.38. The summed E-state index contributed by atoms with van der Waals surface area (Å²) in [6.45, 7) is 13.8. The lowest BCUT2D eigenvalue weighted by Gasteiger charge is -2.32. The first-order valence-electron chi connectivity index (χ1n) is 8.68. The second-order valence-electron chi connectivity index (χ2n) is 8.38. The van der Waals surface area contributed by atoms with E-state index in [1.54, 1.807) is 0 Å². The molecule has 1 saturated heterocycles. The van der Waals surface area contributed by atoms with Crippen molar-refractivity contribution in [1.29, 1.82) is 0 Å². The molecule has 144 valence electrons. The molecule has 3 N–H and O–H groups in total. The summed E-state index contributed by atoms with van der Waals surface area (Å²) in [5.41, 5.74) is 6.34. The highest BCUT2D eigenvalue weighted by Gasteiger charge is 2.52. The Morgan fingerprint density at radius 1 is 1.31 bits per heavy atom. The van der Waals surface area contributed by atoms with Gasteiger partial charge in [0.05, 0.1) is 16.2 Å². The minimum absolute atomic E-state index is 0.321. The van der Waals surface area contributed by atoms with Gasteiger partial charge in [-0.3, -0.25) is 5.32 Å². The van der Waals surface area contributed by atoms with Crippen LogP contribution in [0.4, 0.5) is 9.80 Å². The summed E-state index contributed by atoms with van der Waals surface area (Å²) < 4.78 is 17.4. The van der Waals surface area contributed by atoms with Crippen LogP contribution in [-0.2, 0) is 14.0 Å². The van der Waals surface area contributed by atoms with Crippen molar-refractivity contribution in [2.45, 2.75) is 65.3 Å². The molecule has 0 spiro atoms. The van der Waals surface area contributed by atoms with Crippen LogP contribution in [0, 0.1) is 0 Å². The Labute approximate surface area is 160 Å². The Kier molecular flexibility index (Phi) is 5.92. The number of thiophene rings is 1. The fraction of sp³-hybridized carbons (Fsp3) is 0.611. The summed E-state index contributed by atoms with van der Waals surface area (Å²) in [5.74, 6) is 0. The van der Waals surface area contributed by atoms with Crippen LogP contribution in [0.5, 0.6) is 0 Å². The number of nitrogens with one attached hydrogen (secondary N) is 1. The number of ether oxygens (including phenoxy) is 1. The van der Waals surface area contributed by atoms with Crippen LogP contribution in [0.15, 0.2) is 16.9 Å². The van der Waals surface area contributed by atoms with Crippen LogP contribution >= 0.6 is 11.3 Å². The highest BCUT2D eigenvalue weighted by molar-refractivity contribution is 7.14. The van der Waals surface area contributed by atoms with Crippen molar-refractivity contribution >= 4 is 35.6 Å². The van der Waals surface area contributed by atoms with E-state index in [2.05, 4.69) is 5.32 Å². The molecule has 1 aromatic rings. The normalized spacial score (nSPS) is 19.5. The molecule has 0 saturated carbocycles. The van der Waals surface area contributed by atoms with E-state index in [0.29, 0.717) is 11.5 Å². The summed E-state index contributed by atoms with van der Waals surface area (Å²) in [6, 6.07) is 1.87. The van der Waals surface area contributed by atoms with Crippen molar-refractivity contribution in [2.24, 2.45) is 5.73 Å². The zero-order valence-corrected chi connectivity index (χ0v) is 17.5. The van der Waals surface area contributed by atoms with Gasteiger partial charge in [-0.2, -0.15) is 0 Å². The topological polar surface area (TPSA) is 82.8 Å². The molecule has 0 aliphatic carbocycles. The van der Waals surface area contributed by atoms with Gasteiger partial charge in [-0.25, -0.2) is 4.79 Å². The Morgan fingerprint density at radius 3 is 2.38 bits per heavy atom.